The number of rotatable bonds is 2. The molecule has 2 fully saturated rings. The van der Waals surface area contributed by atoms with Gasteiger partial charge in [-0.2, -0.15) is 0 Å². The number of hydrogen-bond acceptors (Lipinski definition) is 3. The molecule has 0 aromatic rings. The van der Waals surface area contributed by atoms with E-state index >= 15 is 0 Å². The molecule has 76 valence electrons. The van der Waals surface area contributed by atoms with Crippen LogP contribution < -0.4 is 0 Å². The summed E-state index contributed by atoms with van der Waals surface area (Å²) in [6.45, 7) is 1.77. The van der Waals surface area contributed by atoms with E-state index in [2.05, 4.69) is 0 Å². The average Bonchev–Trinajstić information content (AvgIpc) is 2.21. The number of hydrogen-bond donors (Lipinski definition) is 0. The lowest BCUT2D eigenvalue weighted by Gasteiger charge is -2.27. The van der Waals surface area contributed by atoms with Crippen LogP contribution in [0.4, 0.5) is 0 Å². The first kappa shape index (κ1) is 10.3. The van der Waals surface area contributed by atoms with E-state index in [0.717, 1.165) is 25.5 Å². The quantitative estimate of drug-likeness (QED) is 0.671. The lowest BCUT2D eigenvalue weighted by Crippen LogP contribution is -2.07. The molecule has 0 aromatic heterocycles. The average molecular weight is 222 g/mol. The molecule has 2 rings (SSSR count). The highest BCUT2D eigenvalue weighted by atomic mass is 31.2. The molecule has 0 radical (unpaired) electrons. The van der Waals surface area contributed by atoms with Gasteiger partial charge in [-0.3, -0.25) is 4.31 Å². The Kier molecular flexibility index (Phi) is 4.41. The zero-order valence-corrected chi connectivity index (χ0v) is 9.56. The molecule has 0 aliphatic carbocycles. The van der Waals surface area contributed by atoms with Crippen molar-refractivity contribution >= 4 is 16.8 Å². The SMILES string of the molecule is C1CCP(OP2CCCCO2)OC1. The van der Waals surface area contributed by atoms with Crippen LogP contribution in [0.3, 0.4) is 0 Å². The summed E-state index contributed by atoms with van der Waals surface area (Å²) in [4.78, 5) is 0. The summed E-state index contributed by atoms with van der Waals surface area (Å²) in [6.07, 6.45) is 7.13. The van der Waals surface area contributed by atoms with Gasteiger partial charge in [-0.15, -0.1) is 0 Å². The largest absolute Gasteiger partial charge is 0.334 e. The fourth-order valence-electron chi connectivity index (χ4n) is 1.38. The van der Waals surface area contributed by atoms with Gasteiger partial charge in [0.05, 0.1) is 13.2 Å². The van der Waals surface area contributed by atoms with Crippen LogP contribution in [0.2, 0.25) is 0 Å². The van der Waals surface area contributed by atoms with Crippen LogP contribution in [0, 0.1) is 0 Å². The topological polar surface area (TPSA) is 27.7 Å². The van der Waals surface area contributed by atoms with Gasteiger partial charge >= 0.3 is 0 Å². The van der Waals surface area contributed by atoms with Gasteiger partial charge in [0.2, 0.25) is 0 Å². The van der Waals surface area contributed by atoms with Crippen molar-refractivity contribution in [1.82, 2.24) is 0 Å². The minimum Gasteiger partial charge on any atom is -0.334 e. The Balaban J connectivity index is 1.69. The van der Waals surface area contributed by atoms with Crippen LogP contribution in [-0.2, 0) is 13.4 Å². The molecule has 0 bridgehead atoms. The molecule has 3 nitrogen and oxygen atoms in total. The van der Waals surface area contributed by atoms with Crippen molar-refractivity contribution in [2.75, 3.05) is 25.5 Å². The lowest BCUT2D eigenvalue weighted by atomic mass is 10.4. The molecule has 0 aromatic carbocycles. The summed E-state index contributed by atoms with van der Waals surface area (Å²) in [5.41, 5.74) is 0. The second-order valence-corrected chi connectivity index (χ2v) is 6.67. The maximum Gasteiger partial charge on any atom is 0.176 e. The molecule has 0 N–H and O–H groups in total. The van der Waals surface area contributed by atoms with Gasteiger partial charge in [0.1, 0.15) is 0 Å². The maximum absolute atomic E-state index is 5.82. The minimum absolute atomic E-state index is 0.591. The van der Waals surface area contributed by atoms with E-state index in [1.165, 1.54) is 25.7 Å². The molecular formula is C8H16O3P2. The van der Waals surface area contributed by atoms with E-state index in [4.69, 9.17) is 13.4 Å². The Morgan fingerprint density at radius 3 is 1.69 bits per heavy atom. The monoisotopic (exact) mass is 222 g/mol. The van der Waals surface area contributed by atoms with E-state index < -0.39 is 16.8 Å². The first-order valence-electron chi connectivity index (χ1n) is 4.94. The summed E-state index contributed by atoms with van der Waals surface area (Å²) >= 11 is 0. The molecule has 0 amide bonds. The fraction of sp³-hybridized carbons (Fsp3) is 1.00. The third-order valence-corrected chi connectivity index (χ3v) is 5.88. The minimum atomic E-state index is -0.591. The van der Waals surface area contributed by atoms with Crippen LogP contribution in [0.5, 0.6) is 0 Å². The molecule has 5 heteroatoms. The highest BCUT2D eigenvalue weighted by molar-refractivity contribution is 7.60. The Bertz CT molecular complexity index is 128. The second kappa shape index (κ2) is 5.58. The molecule has 2 aliphatic heterocycles. The Morgan fingerprint density at radius 2 is 1.31 bits per heavy atom. The van der Waals surface area contributed by atoms with Crippen LogP contribution in [0.1, 0.15) is 25.7 Å². The zero-order chi connectivity index (χ0) is 8.93. The van der Waals surface area contributed by atoms with Crippen molar-refractivity contribution in [3.05, 3.63) is 0 Å². The van der Waals surface area contributed by atoms with Crippen LogP contribution >= 0.6 is 16.8 Å². The summed E-state index contributed by atoms with van der Waals surface area (Å²) in [7, 11) is -1.18. The molecule has 2 aliphatic rings. The van der Waals surface area contributed by atoms with Gasteiger partial charge in [-0.05, 0) is 25.7 Å². The van der Waals surface area contributed by atoms with E-state index in [1.807, 2.05) is 0 Å². The smallest absolute Gasteiger partial charge is 0.176 e. The highest BCUT2D eigenvalue weighted by Crippen LogP contribution is 2.57. The van der Waals surface area contributed by atoms with Crippen molar-refractivity contribution in [2.24, 2.45) is 0 Å². The maximum atomic E-state index is 5.82. The first-order chi connectivity index (χ1) is 6.45. The molecule has 2 heterocycles. The van der Waals surface area contributed by atoms with E-state index in [9.17, 15) is 0 Å². The van der Waals surface area contributed by atoms with Crippen molar-refractivity contribution in [1.29, 1.82) is 0 Å². The van der Waals surface area contributed by atoms with Crippen LogP contribution in [0.15, 0.2) is 0 Å². The molecule has 0 saturated carbocycles. The summed E-state index contributed by atoms with van der Waals surface area (Å²) in [5, 5.41) is 0. The van der Waals surface area contributed by atoms with E-state index in [-0.39, 0.29) is 0 Å². The molecule has 2 saturated heterocycles. The van der Waals surface area contributed by atoms with Crippen molar-refractivity contribution < 1.29 is 13.4 Å². The molecule has 13 heavy (non-hydrogen) atoms. The summed E-state index contributed by atoms with van der Waals surface area (Å²) in [6, 6.07) is 0. The first-order valence-corrected chi connectivity index (χ1v) is 7.67. The third kappa shape index (κ3) is 3.42. The van der Waals surface area contributed by atoms with Gasteiger partial charge in [0, 0.05) is 12.3 Å². The van der Waals surface area contributed by atoms with Gasteiger partial charge in [0.25, 0.3) is 0 Å². The van der Waals surface area contributed by atoms with Gasteiger partial charge in [-0.25, -0.2) is 0 Å². The normalized spacial score (nSPS) is 36.0. The molecule has 0 spiro atoms. The third-order valence-electron chi connectivity index (χ3n) is 2.12. The lowest BCUT2D eigenvalue weighted by molar-refractivity contribution is 0.258. The fourth-order valence-corrected chi connectivity index (χ4v) is 5.11. The van der Waals surface area contributed by atoms with Crippen LogP contribution in [-0.4, -0.2) is 25.5 Å². The van der Waals surface area contributed by atoms with Crippen molar-refractivity contribution in [2.45, 2.75) is 25.7 Å². The van der Waals surface area contributed by atoms with Crippen LogP contribution in [0.25, 0.3) is 0 Å². The highest BCUT2D eigenvalue weighted by Gasteiger charge is 2.23. The zero-order valence-electron chi connectivity index (χ0n) is 7.78. The Hall–Kier alpha value is 0.740. The van der Waals surface area contributed by atoms with Gasteiger partial charge in [-0.1, -0.05) is 0 Å². The van der Waals surface area contributed by atoms with Crippen molar-refractivity contribution in [3.63, 3.8) is 0 Å². The molecular weight excluding hydrogens is 206 g/mol. The Labute approximate surface area is 82.0 Å². The Morgan fingerprint density at radius 1 is 0.769 bits per heavy atom. The summed E-state index contributed by atoms with van der Waals surface area (Å²) < 4.78 is 16.9. The second-order valence-electron chi connectivity index (χ2n) is 3.27. The summed E-state index contributed by atoms with van der Waals surface area (Å²) in [5.74, 6) is 0. The van der Waals surface area contributed by atoms with Gasteiger partial charge in [0.15, 0.2) is 16.8 Å². The molecule has 2 unspecified atom stereocenters. The van der Waals surface area contributed by atoms with Gasteiger partial charge < -0.3 is 9.05 Å². The predicted octanol–water partition coefficient (Wildman–Crippen LogP) is 3.25. The predicted molar refractivity (Wildman–Crippen MR) is 55.0 cm³/mol. The standard InChI is InChI=1S/C8H16O3P2/c1-3-7-12(9-5-1)11-13-8-4-2-6-10-13/h1-8H2. The van der Waals surface area contributed by atoms with E-state index in [0.29, 0.717) is 0 Å². The molecule has 2 atom stereocenters. The van der Waals surface area contributed by atoms with Crippen molar-refractivity contribution in [3.8, 4) is 0 Å². The van der Waals surface area contributed by atoms with E-state index in [1.54, 1.807) is 0 Å².